The summed E-state index contributed by atoms with van der Waals surface area (Å²) in [5.41, 5.74) is 9.31. The van der Waals surface area contributed by atoms with E-state index < -0.39 is 0 Å². The molecule has 3 aromatic rings. The first-order chi connectivity index (χ1) is 9.06. The van der Waals surface area contributed by atoms with Gasteiger partial charge in [-0.25, -0.2) is 4.98 Å². The molecule has 0 bridgehead atoms. The maximum atomic E-state index is 5.84. The summed E-state index contributed by atoms with van der Waals surface area (Å²) in [6.07, 6.45) is 0. The van der Waals surface area contributed by atoms with Crippen molar-refractivity contribution in [1.82, 2.24) is 9.55 Å². The zero-order valence-electron chi connectivity index (χ0n) is 11.3. The van der Waals surface area contributed by atoms with Gasteiger partial charge in [-0.2, -0.15) is 0 Å². The largest absolute Gasteiger partial charge is 0.391 e. The third-order valence-corrected chi connectivity index (χ3v) is 4.12. The van der Waals surface area contributed by atoms with Crippen molar-refractivity contribution in [3.63, 3.8) is 0 Å². The number of nitrogen functional groups attached to an aromatic ring is 1. The van der Waals surface area contributed by atoms with Crippen molar-refractivity contribution in [2.75, 3.05) is 5.73 Å². The smallest absolute Gasteiger partial charge is 0.151 e. The second-order valence-corrected chi connectivity index (χ2v) is 6.21. The van der Waals surface area contributed by atoms with Gasteiger partial charge in [0, 0.05) is 6.04 Å². The Bertz CT molecular complexity index is 737. The average molecular weight is 271 g/mol. The Labute approximate surface area is 116 Å². The van der Waals surface area contributed by atoms with Crippen LogP contribution in [0, 0.1) is 6.92 Å². The van der Waals surface area contributed by atoms with Crippen molar-refractivity contribution in [1.29, 1.82) is 0 Å². The molecule has 98 valence electrons. The zero-order valence-corrected chi connectivity index (χ0v) is 12.2. The van der Waals surface area contributed by atoms with Gasteiger partial charge < -0.3 is 10.3 Å². The SMILES string of the molecule is Cc1ccc2c(c1)nc(-c1ccc(N)s1)n2C(C)C. The van der Waals surface area contributed by atoms with Gasteiger partial charge >= 0.3 is 0 Å². The summed E-state index contributed by atoms with van der Waals surface area (Å²) < 4.78 is 2.28. The number of imidazole rings is 1. The number of hydrogen-bond donors (Lipinski definition) is 1. The lowest BCUT2D eigenvalue weighted by Crippen LogP contribution is -2.02. The number of aryl methyl sites for hydroxylation is 1. The van der Waals surface area contributed by atoms with Crippen LogP contribution < -0.4 is 5.73 Å². The average Bonchev–Trinajstić information content (AvgIpc) is 2.91. The summed E-state index contributed by atoms with van der Waals surface area (Å²) in [5.74, 6) is 1.01. The third kappa shape index (κ3) is 2.02. The van der Waals surface area contributed by atoms with Crippen LogP contribution in [0.3, 0.4) is 0 Å². The number of rotatable bonds is 2. The minimum Gasteiger partial charge on any atom is -0.391 e. The van der Waals surface area contributed by atoms with E-state index >= 15 is 0 Å². The number of aromatic nitrogens is 2. The lowest BCUT2D eigenvalue weighted by molar-refractivity contribution is 0.625. The summed E-state index contributed by atoms with van der Waals surface area (Å²) in [7, 11) is 0. The van der Waals surface area contributed by atoms with E-state index in [1.165, 1.54) is 11.1 Å². The topological polar surface area (TPSA) is 43.8 Å². The van der Waals surface area contributed by atoms with E-state index in [0.29, 0.717) is 6.04 Å². The number of anilines is 1. The quantitative estimate of drug-likeness (QED) is 0.757. The van der Waals surface area contributed by atoms with Crippen LogP contribution in [0.15, 0.2) is 30.3 Å². The van der Waals surface area contributed by atoms with Crippen molar-refractivity contribution in [3.8, 4) is 10.7 Å². The first-order valence-corrected chi connectivity index (χ1v) is 7.22. The van der Waals surface area contributed by atoms with Crippen LogP contribution in [0.25, 0.3) is 21.7 Å². The summed E-state index contributed by atoms with van der Waals surface area (Å²) in [5, 5.41) is 0.827. The summed E-state index contributed by atoms with van der Waals surface area (Å²) in [4.78, 5) is 5.92. The maximum absolute atomic E-state index is 5.84. The minimum atomic E-state index is 0.367. The van der Waals surface area contributed by atoms with Crippen LogP contribution in [-0.2, 0) is 0 Å². The fourth-order valence-electron chi connectivity index (χ4n) is 2.38. The van der Waals surface area contributed by atoms with Crippen LogP contribution in [0.1, 0.15) is 25.5 Å². The Morgan fingerprint density at radius 1 is 1.21 bits per heavy atom. The van der Waals surface area contributed by atoms with Gasteiger partial charge in [-0.15, -0.1) is 11.3 Å². The van der Waals surface area contributed by atoms with Crippen LogP contribution in [0.5, 0.6) is 0 Å². The molecular weight excluding hydrogens is 254 g/mol. The first-order valence-electron chi connectivity index (χ1n) is 6.40. The summed E-state index contributed by atoms with van der Waals surface area (Å²) >= 11 is 1.59. The normalized spacial score (nSPS) is 11.6. The second kappa shape index (κ2) is 4.38. The Morgan fingerprint density at radius 2 is 2.00 bits per heavy atom. The van der Waals surface area contributed by atoms with Crippen molar-refractivity contribution < 1.29 is 0 Å². The van der Waals surface area contributed by atoms with Crippen LogP contribution in [-0.4, -0.2) is 9.55 Å². The lowest BCUT2D eigenvalue weighted by atomic mass is 10.2. The highest BCUT2D eigenvalue weighted by Gasteiger charge is 2.16. The van der Waals surface area contributed by atoms with Gasteiger partial charge in [0.05, 0.1) is 20.9 Å². The minimum absolute atomic E-state index is 0.367. The number of hydrogen-bond acceptors (Lipinski definition) is 3. The van der Waals surface area contributed by atoms with Gasteiger partial charge in [-0.3, -0.25) is 0 Å². The molecule has 19 heavy (non-hydrogen) atoms. The van der Waals surface area contributed by atoms with E-state index in [4.69, 9.17) is 10.7 Å². The molecule has 0 atom stereocenters. The molecule has 0 aliphatic heterocycles. The zero-order chi connectivity index (χ0) is 13.6. The molecule has 3 nitrogen and oxygen atoms in total. The van der Waals surface area contributed by atoms with Crippen LogP contribution in [0.4, 0.5) is 5.00 Å². The lowest BCUT2D eigenvalue weighted by Gasteiger charge is -2.12. The predicted molar refractivity (Wildman–Crippen MR) is 82.6 cm³/mol. The molecule has 4 heteroatoms. The summed E-state index contributed by atoms with van der Waals surface area (Å²) in [6.45, 7) is 6.46. The molecule has 3 rings (SSSR count). The first kappa shape index (κ1) is 12.2. The molecule has 0 unspecified atom stereocenters. The predicted octanol–water partition coefficient (Wildman–Crippen LogP) is 4.24. The van der Waals surface area contributed by atoms with Gasteiger partial charge in [0.2, 0.25) is 0 Å². The molecule has 0 amide bonds. The number of benzene rings is 1. The van der Waals surface area contributed by atoms with E-state index in [2.05, 4.69) is 43.5 Å². The molecule has 0 saturated heterocycles. The molecule has 0 spiro atoms. The highest BCUT2D eigenvalue weighted by atomic mass is 32.1. The number of nitrogens with two attached hydrogens (primary N) is 1. The molecule has 2 heterocycles. The number of fused-ring (bicyclic) bond motifs is 1. The van der Waals surface area contributed by atoms with Gasteiger partial charge in [0.15, 0.2) is 5.82 Å². The van der Waals surface area contributed by atoms with Crippen molar-refractivity contribution >= 4 is 27.4 Å². The molecule has 0 fully saturated rings. The van der Waals surface area contributed by atoms with Crippen LogP contribution in [0.2, 0.25) is 0 Å². The fraction of sp³-hybridized carbons (Fsp3) is 0.267. The van der Waals surface area contributed by atoms with Crippen molar-refractivity contribution in [2.45, 2.75) is 26.8 Å². The summed E-state index contributed by atoms with van der Waals surface area (Å²) in [6, 6.07) is 10.8. The van der Waals surface area contributed by atoms with E-state index in [1.807, 2.05) is 12.1 Å². The van der Waals surface area contributed by atoms with Crippen molar-refractivity contribution in [3.05, 3.63) is 35.9 Å². The Kier molecular flexibility index (Phi) is 2.82. The number of thiophene rings is 1. The fourth-order valence-corrected chi connectivity index (χ4v) is 3.14. The van der Waals surface area contributed by atoms with Gasteiger partial charge in [0.25, 0.3) is 0 Å². The van der Waals surface area contributed by atoms with E-state index in [0.717, 1.165) is 21.2 Å². The molecule has 0 aliphatic rings. The third-order valence-electron chi connectivity index (χ3n) is 3.21. The Balaban J connectivity index is 2.31. The standard InChI is InChI=1S/C15H17N3S/c1-9(2)18-12-5-4-10(3)8-11(12)17-15(18)13-6-7-14(16)19-13/h4-9H,16H2,1-3H3. The second-order valence-electron chi connectivity index (χ2n) is 5.09. The van der Waals surface area contributed by atoms with Crippen LogP contribution >= 0.6 is 11.3 Å². The molecular formula is C15H17N3S. The van der Waals surface area contributed by atoms with Crippen molar-refractivity contribution in [2.24, 2.45) is 0 Å². The van der Waals surface area contributed by atoms with E-state index in [1.54, 1.807) is 11.3 Å². The molecule has 2 aromatic heterocycles. The molecule has 1 aromatic carbocycles. The Morgan fingerprint density at radius 3 is 2.63 bits per heavy atom. The number of nitrogens with zero attached hydrogens (tertiary/aromatic N) is 2. The maximum Gasteiger partial charge on any atom is 0.151 e. The molecule has 0 saturated carbocycles. The highest BCUT2D eigenvalue weighted by Crippen LogP contribution is 2.33. The monoisotopic (exact) mass is 271 g/mol. The highest BCUT2D eigenvalue weighted by molar-refractivity contribution is 7.19. The molecule has 2 N–H and O–H groups in total. The molecule has 0 radical (unpaired) electrons. The van der Waals surface area contributed by atoms with Gasteiger partial charge in [0.1, 0.15) is 0 Å². The van der Waals surface area contributed by atoms with Gasteiger partial charge in [-0.05, 0) is 50.6 Å². The van der Waals surface area contributed by atoms with E-state index in [9.17, 15) is 0 Å². The van der Waals surface area contributed by atoms with E-state index in [-0.39, 0.29) is 0 Å². The van der Waals surface area contributed by atoms with Gasteiger partial charge in [-0.1, -0.05) is 6.07 Å². The molecule has 0 aliphatic carbocycles. The Hall–Kier alpha value is -1.81.